The molecule has 1 aromatic heterocycles. The maximum atomic E-state index is 12.5. The molecule has 1 heterocycles. The van der Waals surface area contributed by atoms with Crippen LogP contribution < -0.4 is 16.0 Å². The number of benzene rings is 2. The lowest BCUT2D eigenvalue weighted by molar-refractivity contribution is 0.101. The highest BCUT2D eigenvalue weighted by atomic mass is 16.2. The molecule has 2 amide bonds. The standard InChI is InChI=1S/C22H23N5O2/c1-4-23-18-13-19(24-20(28)16-9-5-7-14(2)11-16)26-22(25-18)27-21(29)17-10-6-8-15(3)12-17/h5-13H,4H2,1-3H3,(H3,23,24,25,26,27,28,29). The van der Waals surface area contributed by atoms with Gasteiger partial charge in [0.2, 0.25) is 5.95 Å². The van der Waals surface area contributed by atoms with Crippen LogP contribution in [0.1, 0.15) is 38.8 Å². The topological polar surface area (TPSA) is 96.0 Å². The molecule has 3 N–H and O–H groups in total. The average Bonchev–Trinajstić information content (AvgIpc) is 2.68. The molecule has 0 aliphatic heterocycles. The minimum Gasteiger partial charge on any atom is -0.370 e. The Bertz CT molecular complexity index is 971. The predicted octanol–water partition coefficient (Wildman–Crippen LogP) is 4.03. The van der Waals surface area contributed by atoms with E-state index in [-0.39, 0.29) is 17.8 Å². The third-order valence-corrected chi connectivity index (χ3v) is 4.11. The molecule has 0 aliphatic carbocycles. The van der Waals surface area contributed by atoms with Gasteiger partial charge in [-0.3, -0.25) is 14.9 Å². The van der Waals surface area contributed by atoms with Crippen LogP contribution in [0.15, 0.2) is 54.6 Å². The van der Waals surface area contributed by atoms with Gasteiger partial charge in [-0.15, -0.1) is 0 Å². The molecule has 0 bridgehead atoms. The van der Waals surface area contributed by atoms with E-state index in [0.29, 0.717) is 29.3 Å². The lowest BCUT2D eigenvalue weighted by Gasteiger charge is -2.11. The Morgan fingerprint density at radius 1 is 0.793 bits per heavy atom. The number of hydrogen-bond donors (Lipinski definition) is 3. The van der Waals surface area contributed by atoms with Crippen LogP contribution in [-0.4, -0.2) is 28.3 Å². The average molecular weight is 389 g/mol. The fraction of sp³-hybridized carbons (Fsp3) is 0.182. The molecule has 148 valence electrons. The summed E-state index contributed by atoms with van der Waals surface area (Å²) in [6, 6.07) is 16.1. The van der Waals surface area contributed by atoms with Gasteiger partial charge in [-0.25, -0.2) is 0 Å². The van der Waals surface area contributed by atoms with Crippen molar-refractivity contribution in [3.05, 3.63) is 76.9 Å². The second-order valence-electron chi connectivity index (χ2n) is 6.64. The molecule has 3 rings (SSSR count). The Morgan fingerprint density at radius 2 is 1.34 bits per heavy atom. The van der Waals surface area contributed by atoms with Gasteiger partial charge >= 0.3 is 0 Å². The van der Waals surface area contributed by atoms with Gasteiger partial charge in [-0.1, -0.05) is 35.4 Å². The van der Waals surface area contributed by atoms with Crippen LogP contribution in [0.2, 0.25) is 0 Å². The van der Waals surface area contributed by atoms with Gasteiger partial charge < -0.3 is 10.6 Å². The van der Waals surface area contributed by atoms with Crippen LogP contribution in [0.25, 0.3) is 0 Å². The van der Waals surface area contributed by atoms with E-state index in [9.17, 15) is 9.59 Å². The van der Waals surface area contributed by atoms with Crippen LogP contribution in [0.4, 0.5) is 17.6 Å². The van der Waals surface area contributed by atoms with Crippen molar-refractivity contribution in [3.63, 3.8) is 0 Å². The van der Waals surface area contributed by atoms with E-state index < -0.39 is 0 Å². The van der Waals surface area contributed by atoms with Crippen LogP contribution in [0.3, 0.4) is 0 Å². The largest absolute Gasteiger partial charge is 0.370 e. The summed E-state index contributed by atoms with van der Waals surface area (Å²) >= 11 is 0. The molecule has 0 spiro atoms. The first-order valence-corrected chi connectivity index (χ1v) is 9.33. The molecular formula is C22H23N5O2. The Balaban J connectivity index is 1.83. The monoisotopic (exact) mass is 389 g/mol. The van der Waals surface area contributed by atoms with Crippen molar-refractivity contribution < 1.29 is 9.59 Å². The molecule has 0 atom stereocenters. The molecule has 0 radical (unpaired) electrons. The third-order valence-electron chi connectivity index (χ3n) is 4.11. The second kappa shape index (κ2) is 8.97. The molecule has 0 fully saturated rings. The lowest BCUT2D eigenvalue weighted by Crippen LogP contribution is -2.18. The summed E-state index contributed by atoms with van der Waals surface area (Å²) in [5.74, 6) is 0.294. The number of nitrogens with zero attached hydrogens (tertiary/aromatic N) is 2. The van der Waals surface area contributed by atoms with E-state index in [4.69, 9.17) is 0 Å². The Kier molecular flexibility index (Phi) is 6.19. The first kappa shape index (κ1) is 20.0. The summed E-state index contributed by atoms with van der Waals surface area (Å²) in [5, 5.41) is 8.54. The van der Waals surface area contributed by atoms with Gasteiger partial charge in [-0.05, 0) is 45.0 Å². The first-order chi connectivity index (χ1) is 13.9. The zero-order valence-corrected chi connectivity index (χ0v) is 16.6. The second-order valence-corrected chi connectivity index (χ2v) is 6.64. The van der Waals surface area contributed by atoms with Gasteiger partial charge in [0.25, 0.3) is 11.8 Å². The van der Waals surface area contributed by atoms with Crippen LogP contribution >= 0.6 is 0 Å². The van der Waals surface area contributed by atoms with Gasteiger partial charge in [0.15, 0.2) is 0 Å². The normalized spacial score (nSPS) is 10.3. The minimum absolute atomic E-state index is 0.106. The Morgan fingerprint density at radius 3 is 1.90 bits per heavy atom. The number of hydrogen-bond acceptors (Lipinski definition) is 5. The molecule has 7 heteroatoms. The predicted molar refractivity (Wildman–Crippen MR) is 114 cm³/mol. The Labute approximate surface area is 169 Å². The van der Waals surface area contributed by atoms with Gasteiger partial charge in [0, 0.05) is 23.7 Å². The van der Waals surface area contributed by atoms with E-state index in [1.165, 1.54) is 0 Å². The quantitative estimate of drug-likeness (QED) is 0.591. The van der Waals surface area contributed by atoms with Crippen LogP contribution in [0, 0.1) is 13.8 Å². The number of aromatic nitrogens is 2. The molecule has 0 saturated carbocycles. The SMILES string of the molecule is CCNc1cc(NC(=O)c2cccc(C)c2)nc(NC(=O)c2cccc(C)c2)n1. The highest BCUT2D eigenvalue weighted by Crippen LogP contribution is 2.17. The van der Waals surface area contributed by atoms with Crippen molar-refractivity contribution in [1.82, 2.24) is 9.97 Å². The highest BCUT2D eigenvalue weighted by Gasteiger charge is 2.13. The summed E-state index contributed by atoms with van der Waals surface area (Å²) in [5.41, 5.74) is 3.00. The van der Waals surface area contributed by atoms with Crippen molar-refractivity contribution in [2.45, 2.75) is 20.8 Å². The number of amides is 2. The summed E-state index contributed by atoms with van der Waals surface area (Å²) in [7, 11) is 0. The van der Waals surface area contributed by atoms with E-state index in [1.54, 1.807) is 30.3 Å². The number of carbonyl (C=O) groups is 2. The number of anilines is 3. The fourth-order valence-corrected chi connectivity index (χ4v) is 2.77. The number of aryl methyl sites for hydroxylation is 2. The van der Waals surface area contributed by atoms with Crippen molar-refractivity contribution in [1.29, 1.82) is 0 Å². The fourth-order valence-electron chi connectivity index (χ4n) is 2.77. The summed E-state index contributed by atoms with van der Waals surface area (Å²) in [6.45, 7) is 6.40. The molecule has 7 nitrogen and oxygen atoms in total. The maximum Gasteiger partial charge on any atom is 0.258 e. The van der Waals surface area contributed by atoms with Gasteiger partial charge in [0.1, 0.15) is 11.6 Å². The molecule has 0 saturated heterocycles. The van der Waals surface area contributed by atoms with E-state index >= 15 is 0 Å². The highest BCUT2D eigenvalue weighted by molar-refractivity contribution is 6.05. The smallest absolute Gasteiger partial charge is 0.258 e. The number of rotatable bonds is 6. The molecule has 29 heavy (non-hydrogen) atoms. The summed E-state index contributed by atoms with van der Waals surface area (Å²) < 4.78 is 0. The molecule has 2 aromatic carbocycles. The number of carbonyl (C=O) groups excluding carboxylic acids is 2. The van der Waals surface area contributed by atoms with E-state index in [2.05, 4.69) is 25.9 Å². The van der Waals surface area contributed by atoms with Gasteiger partial charge in [-0.2, -0.15) is 9.97 Å². The summed E-state index contributed by atoms with van der Waals surface area (Å²) in [4.78, 5) is 33.7. The van der Waals surface area contributed by atoms with Crippen LogP contribution in [0.5, 0.6) is 0 Å². The van der Waals surface area contributed by atoms with Crippen molar-refractivity contribution >= 4 is 29.4 Å². The minimum atomic E-state index is -0.321. The summed E-state index contributed by atoms with van der Waals surface area (Å²) in [6.07, 6.45) is 0. The molecular weight excluding hydrogens is 366 g/mol. The van der Waals surface area contributed by atoms with Crippen LogP contribution in [-0.2, 0) is 0 Å². The van der Waals surface area contributed by atoms with Gasteiger partial charge in [0.05, 0.1) is 0 Å². The maximum absolute atomic E-state index is 12.5. The van der Waals surface area contributed by atoms with Crippen molar-refractivity contribution in [3.8, 4) is 0 Å². The lowest BCUT2D eigenvalue weighted by atomic mass is 10.1. The number of nitrogens with one attached hydrogen (secondary N) is 3. The Hall–Kier alpha value is -3.74. The third kappa shape index (κ3) is 5.38. The first-order valence-electron chi connectivity index (χ1n) is 9.33. The molecule has 0 unspecified atom stereocenters. The van der Waals surface area contributed by atoms with Crippen molar-refractivity contribution in [2.24, 2.45) is 0 Å². The van der Waals surface area contributed by atoms with E-state index in [0.717, 1.165) is 11.1 Å². The molecule has 3 aromatic rings. The zero-order chi connectivity index (χ0) is 20.8. The molecule has 0 aliphatic rings. The zero-order valence-electron chi connectivity index (χ0n) is 16.6. The van der Waals surface area contributed by atoms with E-state index in [1.807, 2.05) is 45.0 Å². The van der Waals surface area contributed by atoms with Crippen molar-refractivity contribution in [2.75, 3.05) is 22.5 Å².